The predicted molar refractivity (Wildman–Crippen MR) is 84.9 cm³/mol. The van der Waals surface area contributed by atoms with Gasteiger partial charge in [-0.2, -0.15) is 0 Å². The third kappa shape index (κ3) is 4.20. The Hall–Kier alpha value is -2.14. The third-order valence-corrected chi connectivity index (χ3v) is 2.82. The van der Waals surface area contributed by atoms with E-state index in [1.54, 1.807) is 6.20 Å². The summed E-state index contributed by atoms with van der Waals surface area (Å²) in [6.45, 7) is 3.24. The number of hydrogen-bond donors (Lipinski definition) is 2. The average Bonchev–Trinajstić information content (AvgIpc) is 2.48. The van der Waals surface area contributed by atoms with E-state index in [0.29, 0.717) is 23.3 Å². The summed E-state index contributed by atoms with van der Waals surface area (Å²) in [7, 11) is 0. The fraction of sp³-hybridized carbons (Fsp3) is 0.200. The fourth-order valence-electron chi connectivity index (χ4n) is 1.65. The highest BCUT2D eigenvalue weighted by molar-refractivity contribution is 7.80. The lowest BCUT2D eigenvalue weighted by atomic mass is 10.2. The van der Waals surface area contributed by atoms with Crippen molar-refractivity contribution in [2.24, 2.45) is 0 Å². The molecule has 4 nitrogen and oxygen atoms in total. The maximum atomic E-state index is 5.79. The van der Waals surface area contributed by atoms with Crippen LogP contribution in [0.5, 0.6) is 5.75 Å². The smallest absolute Gasteiger partial charge is 0.174 e. The standard InChI is InChI=1S/C15H17N3OS/c1-2-16-15(20)18-14-13(9-6-10-17-14)19-11-12-7-4-3-5-8-12/h3-10H,2,11H2,1H3,(H2,16,17,18,20). The zero-order valence-corrected chi connectivity index (χ0v) is 12.1. The second-order valence-corrected chi connectivity index (χ2v) is 4.52. The van der Waals surface area contributed by atoms with E-state index in [0.717, 1.165) is 12.1 Å². The van der Waals surface area contributed by atoms with Crippen LogP contribution in [0.3, 0.4) is 0 Å². The summed E-state index contributed by atoms with van der Waals surface area (Å²) in [6.07, 6.45) is 1.70. The van der Waals surface area contributed by atoms with Crippen molar-refractivity contribution in [3.8, 4) is 5.75 Å². The Labute approximate surface area is 124 Å². The lowest BCUT2D eigenvalue weighted by molar-refractivity contribution is 0.307. The van der Waals surface area contributed by atoms with Gasteiger partial charge in [0.2, 0.25) is 0 Å². The first-order chi connectivity index (χ1) is 9.79. The number of thiocarbonyl (C=S) groups is 1. The van der Waals surface area contributed by atoms with Crippen LogP contribution in [0.2, 0.25) is 0 Å². The molecule has 5 heteroatoms. The zero-order chi connectivity index (χ0) is 14.2. The highest BCUT2D eigenvalue weighted by Gasteiger charge is 2.06. The molecule has 0 radical (unpaired) electrons. The average molecular weight is 287 g/mol. The molecule has 1 aromatic carbocycles. The maximum absolute atomic E-state index is 5.79. The Morgan fingerprint density at radius 2 is 2.00 bits per heavy atom. The molecule has 104 valence electrons. The summed E-state index contributed by atoms with van der Waals surface area (Å²) in [4.78, 5) is 4.25. The van der Waals surface area contributed by atoms with E-state index in [9.17, 15) is 0 Å². The van der Waals surface area contributed by atoms with Crippen molar-refractivity contribution in [2.45, 2.75) is 13.5 Å². The molecule has 2 N–H and O–H groups in total. The summed E-state index contributed by atoms with van der Waals surface area (Å²) < 4.78 is 5.79. The van der Waals surface area contributed by atoms with E-state index < -0.39 is 0 Å². The van der Waals surface area contributed by atoms with Crippen LogP contribution in [0.4, 0.5) is 5.82 Å². The van der Waals surface area contributed by atoms with Crippen molar-refractivity contribution in [2.75, 3.05) is 11.9 Å². The first-order valence-electron chi connectivity index (χ1n) is 6.46. The van der Waals surface area contributed by atoms with Crippen molar-refractivity contribution in [3.63, 3.8) is 0 Å². The molecule has 2 rings (SSSR count). The molecule has 0 spiro atoms. The summed E-state index contributed by atoms with van der Waals surface area (Å²) in [5.41, 5.74) is 1.11. The first kappa shape index (κ1) is 14.3. The molecule has 0 aliphatic rings. The van der Waals surface area contributed by atoms with Gasteiger partial charge < -0.3 is 15.4 Å². The molecular formula is C15H17N3OS. The van der Waals surface area contributed by atoms with Crippen LogP contribution >= 0.6 is 12.2 Å². The molecule has 0 bridgehead atoms. The number of benzene rings is 1. The Bertz CT molecular complexity index is 560. The van der Waals surface area contributed by atoms with Crippen LogP contribution in [0.25, 0.3) is 0 Å². The second kappa shape index (κ2) is 7.45. The molecule has 0 atom stereocenters. The highest BCUT2D eigenvalue weighted by Crippen LogP contribution is 2.21. The maximum Gasteiger partial charge on any atom is 0.174 e. The molecule has 0 amide bonds. The number of nitrogens with zero attached hydrogens (tertiary/aromatic N) is 1. The highest BCUT2D eigenvalue weighted by atomic mass is 32.1. The molecule has 2 aromatic rings. The number of hydrogen-bond acceptors (Lipinski definition) is 3. The fourth-order valence-corrected chi connectivity index (χ4v) is 1.89. The van der Waals surface area contributed by atoms with E-state index in [-0.39, 0.29) is 0 Å². The number of rotatable bonds is 5. The van der Waals surface area contributed by atoms with Crippen molar-refractivity contribution in [1.82, 2.24) is 10.3 Å². The predicted octanol–water partition coefficient (Wildman–Crippen LogP) is 2.97. The van der Waals surface area contributed by atoms with Crippen LogP contribution in [0, 0.1) is 0 Å². The molecular weight excluding hydrogens is 270 g/mol. The Kier molecular flexibility index (Phi) is 5.32. The van der Waals surface area contributed by atoms with Gasteiger partial charge in [0, 0.05) is 12.7 Å². The Balaban J connectivity index is 2.02. The molecule has 0 aliphatic heterocycles. The molecule has 1 aromatic heterocycles. The molecule has 1 heterocycles. The van der Waals surface area contributed by atoms with Crippen LogP contribution in [0.1, 0.15) is 12.5 Å². The van der Waals surface area contributed by atoms with Gasteiger partial charge in [-0.3, -0.25) is 0 Å². The van der Waals surface area contributed by atoms with Gasteiger partial charge in [0.05, 0.1) is 0 Å². The monoisotopic (exact) mass is 287 g/mol. The molecule has 0 saturated heterocycles. The van der Waals surface area contributed by atoms with E-state index in [2.05, 4.69) is 15.6 Å². The quantitative estimate of drug-likeness (QED) is 0.828. The SMILES string of the molecule is CCNC(=S)Nc1ncccc1OCc1ccccc1. The van der Waals surface area contributed by atoms with E-state index in [1.807, 2.05) is 49.4 Å². The van der Waals surface area contributed by atoms with Crippen LogP contribution < -0.4 is 15.4 Å². The van der Waals surface area contributed by atoms with Gasteiger partial charge in [-0.15, -0.1) is 0 Å². The molecule has 0 saturated carbocycles. The summed E-state index contributed by atoms with van der Waals surface area (Å²) >= 11 is 5.15. The lowest BCUT2D eigenvalue weighted by Crippen LogP contribution is -2.28. The molecule has 20 heavy (non-hydrogen) atoms. The summed E-state index contributed by atoms with van der Waals surface area (Å²) in [6, 6.07) is 13.7. The van der Waals surface area contributed by atoms with Crippen LogP contribution in [0.15, 0.2) is 48.7 Å². The minimum absolute atomic E-state index is 0.495. The number of pyridine rings is 1. The van der Waals surface area contributed by atoms with Gasteiger partial charge in [0.15, 0.2) is 16.7 Å². The minimum Gasteiger partial charge on any atom is -0.485 e. The van der Waals surface area contributed by atoms with Gasteiger partial charge >= 0.3 is 0 Å². The van der Waals surface area contributed by atoms with Gasteiger partial charge in [0.25, 0.3) is 0 Å². The second-order valence-electron chi connectivity index (χ2n) is 4.11. The van der Waals surface area contributed by atoms with Gasteiger partial charge in [-0.25, -0.2) is 4.98 Å². The number of ether oxygens (including phenoxy) is 1. The summed E-state index contributed by atoms with van der Waals surface area (Å²) in [5, 5.41) is 6.59. The van der Waals surface area contributed by atoms with E-state index >= 15 is 0 Å². The van der Waals surface area contributed by atoms with Crippen molar-refractivity contribution >= 4 is 23.1 Å². The van der Waals surface area contributed by atoms with E-state index in [4.69, 9.17) is 17.0 Å². The first-order valence-corrected chi connectivity index (χ1v) is 6.87. The van der Waals surface area contributed by atoms with Crippen molar-refractivity contribution < 1.29 is 4.74 Å². The lowest BCUT2D eigenvalue weighted by Gasteiger charge is -2.13. The van der Waals surface area contributed by atoms with Crippen LogP contribution in [-0.4, -0.2) is 16.6 Å². The zero-order valence-electron chi connectivity index (χ0n) is 11.3. The Morgan fingerprint density at radius 1 is 1.20 bits per heavy atom. The largest absolute Gasteiger partial charge is 0.485 e. The minimum atomic E-state index is 0.495. The van der Waals surface area contributed by atoms with Gasteiger partial charge in [-0.05, 0) is 36.8 Å². The third-order valence-electron chi connectivity index (χ3n) is 2.58. The Morgan fingerprint density at radius 3 is 2.75 bits per heavy atom. The normalized spacial score (nSPS) is 9.85. The van der Waals surface area contributed by atoms with Crippen LogP contribution in [-0.2, 0) is 6.61 Å². The molecule has 0 aliphatic carbocycles. The van der Waals surface area contributed by atoms with E-state index in [1.165, 1.54) is 0 Å². The number of anilines is 1. The number of nitrogens with one attached hydrogen (secondary N) is 2. The van der Waals surface area contributed by atoms with Crippen molar-refractivity contribution in [1.29, 1.82) is 0 Å². The molecule has 0 fully saturated rings. The summed E-state index contributed by atoms with van der Waals surface area (Å²) in [5.74, 6) is 1.30. The number of aromatic nitrogens is 1. The van der Waals surface area contributed by atoms with Gasteiger partial charge in [-0.1, -0.05) is 30.3 Å². The van der Waals surface area contributed by atoms with Gasteiger partial charge in [0.1, 0.15) is 6.61 Å². The van der Waals surface area contributed by atoms with Crippen molar-refractivity contribution in [3.05, 3.63) is 54.2 Å². The molecule has 0 unspecified atom stereocenters. The topological polar surface area (TPSA) is 46.2 Å².